The van der Waals surface area contributed by atoms with Crippen molar-refractivity contribution in [1.29, 1.82) is 0 Å². The maximum Gasteiger partial charge on any atom is 0.319 e. The quantitative estimate of drug-likeness (QED) is 0.807. The lowest BCUT2D eigenvalue weighted by molar-refractivity contribution is 0.251. The number of anilines is 1. The van der Waals surface area contributed by atoms with Crippen LogP contribution >= 0.6 is 0 Å². The third-order valence-electron chi connectivity index (χ3n) is 3.95. The molecule has 4 nitrogen and oxygen atoms in total. The van der Waals surface area contributed by atoms with Crippen molar-refractivity contribution in [1.82, 2.24) is 10.6 Å². The molecule has 3 rings (SSSR count). The minimum absolute atomic E-state index is 0.136. The van der Waals surface area contributed by atoms with Crippen LogP contribution in [0.3, 0.4) is 0 Å². The van der Waals surface area contributed by atoms with E-state index in [0.717, 1.165) is 24.0 Å². The molecule has 0 radical (unpaired) electrons. The van der Waals surface area contributed by atoms with E-state index in [9.17, 15) is 4.79 Å². The summed E-state index contributed by atoms with van der Waals surface area (Å²) in [5.41, 5.74) is 0.824. The number of fused-ring (bicyclic) bond motifs is 1. The Balaban J connectivity index is 1.50. The van der Waals surface area contributed by atoms with Gasteiger partial charge in [-0.1, -0.05) is 30.3 Å². The topological polar surface area (TPSA) is 53.2 Å². The van der Waals surface area contributed by atoms with Crippen molar-refractivity contribution in [3.63, 3.8) is 0 Å². The third-order valence-corrected chi connectivity index (χ3v) is 3.95. The van der Waals surface area contributed by atoms with Gasteiger partial charge < -0.3 is 16.0 Å². The van der Waals surface area contributed by atoms with E-state index in [1.165, 1.54) is 18.2 Å². The second kappa shape index (κ2) is 6.59. The van der Waals surface area contributed by atoms with Crippen LogP contribution in [-0.4, -0.2) is 25.2 Å². The van der Waals surface area contributed by atoms with Crippen LogP contribution in [0.25, 0.3) is 10.8 Å². The monoisotopic (exact) mass is 283 g/mol. The summed E-state index contributed by atoms with van der Waals surface area (Å²) in [6.07, 6.45) is 3.45. The van der Waals surface area contributed by atoms with Gasteiger partial charge >= 0.3 is 6.03 Å². The first-order chi connectivity index (χ1) is 10.3. The summed E-state index contributed by atoms with van der Waals surface area (Å²) in [6, 6.07) is 14.5. The summed E-state index contributed by atoms with van der Waals surface area (Å²) in [5.74, 6) is 0. The highest BCUT2D eigenvalue weighted by Crippen LogP contribution is 2.18. The predicted molar refractivity (Wildman–Crippen MR) is 86.6 cm³/mol. The lowest BCUT2D eigenvalue weighted by Crippen LogP contribution is -2.33. The average Bonchev–Trinajstić information content (AvgIpc) is 3.00. The molecule has 0 bridgehead atoms. The molecule has 3 N–H and O–H groups in total. The van der Waals surface area contributed by atoms with Crippen LogP contribution in [0, 0.1) is 0 Å². The van der Waals surface area contributed by atoms with Gasteiger partial charge in [0.2, 0.25) is 0 Å². The summed E-state index contributed by atoms with van der Waals surface area (Å²) in [5, 5.41) is 11.5. The van der Waals surface area contributed by atoms with Gasteiger partial charge in [0, 0.05) is 18.3 Å². The number of carbonyl (C=O) groups is 1. The molecule has 1 aliphatic rings. The number of nitrogens with one attached hydrogen (secondary N) is 3. The number of amides is 2. The van der Waals surface area contributed by atoms with Crippen molar-refractivity contribution >= 4 is 22.5 Å². The Morgan fingerprint density at radius 2 is 2.05 bits per heavy atom. The van der Waals surface area contributed by atoms with E-state index in [0.29, 0.717) is 12.6 Å². The number of hydrogen-bond donors (Lipinski definition) is 3. The molecule has 2 aromatic rings. The normalized spacial score (nSPS) is 17.8. The van der Waals surface area contributed by atoms with Crippen LogP contribution in [0.2, 0.25) is 0 Å². The molecular formula is C17H21N3O. The van der Waals surface area contributed by atoms with Gasteiger partial charge in [-0.15, -0.1) is 0 Å². The van der Waals surface area contributed by atoms with Crippen LogP contribution in [0.1, 0.15) is 19.3 Å². The smallest absolute Gasteiger partial charge is 0.319 e. The van der Waals surface area contributed by atoms with Crippen molar-refractivity contribution in [3.05, 3.63) is 42.5 Å². The Kier molecular flexibility index (Phi) is 4.36. The SMILES string of the molecule is O=C(NCCC1CCCN1)Nc1ccc2ccccc2c1. The molecule has 1 aliphatic heterocycles. The molecule has 110 valence electrons. The minimum Gasteiger partial charge on any atom is -0.338 e. The molecule has 4 heteroatoms. The second-order valence-corrected chi connectivity index (χ2v) is 5.52. The number of benzene rings is 2. The zero-order chi connectivity index (χ0) is 14.5. The van der Waals surface area contributed by atoms with Gasteiger partial charge in [0.15, 0.2) is 0 Å². The van der Waals surface area contributed by atoms with Gasteiger partial charge in [-0.3, -0.25) is 0 Å². The molecule has 0 aromatic heterocycles. The minimum atomic E-state index is -0.136. The zero-order valence-electron chi connectivity index (χ0n) is 12.1. The highest BCUT2D eigenvalue weighted by Gasteiger charge is 2.13. The first-order valence-corrected chi connectivity index (χ1v) is 7.58. The molecule has 1 fully saturated rings. The fraction of sp³-hybridized carbons (Fsp3) is 0.353. The lowest BCUT2D eigenvalue weighted by atomic mass is 10.1. The standard InChI is InChI=1S/C17H21N3O/c21-17(19-11-9-15-6-3-10-18-15)20-16-8-7-13-4-1-2-5-14(13)12-16/h1-2,4-5,7-8,12,15,18H,3,6,9-11H2,(H2,19,20,21). The Morgan fingerprint density at radius 1 is 1.19 bits per heavy atom. The molecule has 0 spiro atoms. The van der Waals surface area contributed by atoms with E-state index in [1.807, 2.05) is 36.4 Å². The second-order valence-electron chi connectivity index (χ2n) is 5.52. The van der Waals surface area contributed by atoms with Gasteiger partial charge in [0.25, 0.3) is 0 Å². The average molecular weight is 283 g/mol. The van der Waals surface area contributed by atoms with E-state index in [4.69, 9.17) is 0 Å². The van der Waals surface area contributed by atoms with Gasteiger partial charge in [0.05, 0.1) is 0 Å². The molecule has 1 heterocycles. The maximum absolute atomic E-state index is 11.9. The maximum atomic E-state index is 11.9. The number of urea groups is 1. The van der Waals surface area contributed by atoms with Crippen molar-refractivity contribution in [2.75, 3.05) is 18.4 Å². The van der Waals surface area contributed by atoms with E-state index < -0.39 is 0 Å². The van der Waals surface area contributed by atoms with Crippen LogP contribution in [0.5, 0.6) is 0 Å². The summed E-state index contributed by atoms with van der Waals surface area (Å²) in [6.45, 7) is 1.81. The van der Waals surface area contributed by atoms with Gasteiger partial charge in [-0.2, -0.15) is 0 Å². The summed E-state index contributed by atoms with van der Waals surface area (Å²) >= 11 is 0. The summed E-state index contributed by atoms with van der Waals surface area (Å²) < 4.78 is 0. The van der Waals surface area contributed by atoms with E-state index >= 15 is 0 Å². The van der Waals surface area contributed by atoms with Gasteiger partial charge in [0.1, 0.15) is 0 Å². The Bertz CT molecular complexity index is 620. The Hall–Kier alpha value is -2.07. The van der Waals surface area contributed by atoms with E-state index in [-0.39, 0.29) is 6.03 Å². The molecule has 2 amide bonds. The summed E-state index contributed by atoms with van der Waals surface area (Å²) in [7, 11) is 0. The van der Waals surface area contributed by atoms with Crippen LogP contribution in [0.4, 0.5) is 10.5 Å². The van der Waals surface area contributed by atoms with Crippen molar-refractivity contribution < 1.29 is 4.79 Å². The van der Waals surface area contributed by atoms with Gasteiger partial charge in [-0.05, 0) is 48.7 Å². The molecule has 1 unspecified atom stereocenters. The molecule has 0 saturated carbocycles. The highest BCUT2D eigenvalue weighted by molar-refractivity contribution is 5.93. The number of hydrogen-bond acceptors (Lipinski definition) is 2. The van der Waals surface area contributed by atoms with Crippen LogP contribution < -0.4 is 16.0 Å². The molecule has 1 saturated heterocycles. The largest absolute Gasteiger partial charge is 0.338 e. The third kappa shape index (κ3) is 3.73. The highest BCUT2D eigenvalue weighted by atomic mass is 16.2. The summed E-state index contributed by atoms with van der Waals surface area (Å²) in [4.78, 5) is 11.9. The Morgan fingerprint density at radius 3 is 2.86 bits per heavy atom. The lowest BCUT2D eigenvalue weighted by Gasteiger charge is -2.12. The molecule has 2 aromatic carbocycles. The van der Waals surface area contributed by atoms with Crippen LogP contribution in [-0.2, 0) is 0 Å². The molecule has 21 heavy (non-hydrogen) atoms. The van der Waals surface area contributed by atoms with Crippen molar-refractivity contribution in [2.24, 2.45) is 0 Å². The molecular weight excluding hydrogens is 262 g/mol. The van der Waals surface area contributed by atoms with Crippen molar-refractivity contribution in [3.8, 4) is 0 Å². The Labute approximate surface area is 124 Å². The molecule has 1 atom stereocenters. The fourth-order valence-electron chi connectivity index (χ4n) is 2.81. The van der Waals surface area contributed by atoms with E-state index in [2.05, 4.69) is 22.0 Å². The number of carbonyl (C=O) groups excluding carboxylic acids is 1. The fourth-order valence-corrected chi connectivity index (χ4v) is 2.81. The van der Waals surface area contributed by atoms with Crippen molar-refractivity contribution in [2.45, 2.75) is 25.3 Å². The first kappa shape index (κ1) is 13.9. The first-order valence-electron chi connectivity index (χ1n) is 7.58. The predicted octanol–water partition coefficient (Wildman–Crippen LogP) is 3.10. The molecule has 0 aliphatic carbocycles. The number of rotatable bonds is 4. The zero-order valence-corrected chi connectivity index (χ0v) is 12.1. The van der Waals surface area contributed by atoms with Crippen LogP contribution in [0.15, 0.2) is 42.5 Å². The van der Waals surface area contributed by atoms with Gasteiger partial charge in [-0.25, -0.2) is 4.79 Å². The van der Waals surface area contributed by atoms with E-state index in [1.54, 1.807) is 0 Å².